The monoisotopic (exact) mass is 482 g/mol. The first-order valence-electron chi connectivity index (χ1n) is 10.8. The fourth-order valence-corrected chi connectivity index (χ4v) is 3.97. The van der Waals surface area contributed by atoms with Crippen LogP contribution < -0.4 is 10.9 Å². The maximum atomic E-state index is 13.1. The minimum atomic E-state index is -1.02. The third-order valence-corrected chi connectivity index (χ3v) is 5.92. The van der Waals surface area contributed by atoms with Gasteiger partial charge < -0.3 is 20.1 Å². The first kappa shape index (κ1) is 25.4. The number of aliphatic hydroxyl groups is 2. The predicted molar refractivity (Wildman–Crippen MR) is 131 cm³/mol. The Labute approximate surface area is 202 Å². The zero-order valence-electron chi connectivity index (χ0n) is 19.0. The Morgan fingerprint density at radius 3 is 2.35 bits per heavy atom. The molecule has 178 valence electrons. The van der Waals surface area contributed by atoms with Gasteiger partial charge in [0.05, 0.1) is 12.7 Å². The Hall–Kier alpha value is -3.26. The van der Waals surface area contributed by atoms with Crippen LogP contribution in [-0.2, 0) is 7.05 Å². The number of aliphatic hydroxyl groups excluding tert-OH is 2. The highest BCUT2D eigenvalue weighted by molar-refractivity contribution is 6.30. The summed E-state index contributed by atoms with van der Waals surface area (Å²) in [5.41, 5.74) is 3.36. The standard InChI is InChI=1S/C26H27ClN2O5/c1-16-11-20(27)8-9-22(16)23(12-24(32)19-7-10-25(33)29(2)14-19)17-3-5-18(6-4-17)26(34)28-13-21(31)15-30/h3-11,14,21,23,30-31H,12-13,15H2,1-2H3,(H,28,34). The van der Waals surface area contributed by atoms with Gasteiger partial charge in [-0.25, -0.2) is 0 Å². The number of halogens is 1. The average Bonchev–Trinajstić information content (AvgIpc) is 2.82. The molecule has 0 aliphatic heterocycles. The van der Waals surface area contributed by atoms with Crippen molar-refractivity contribution in [1.29, 1.82) is 0 Å². The van der Waals surface area contributed by atoms with Crippen LogP contribution in [0.25, 0.3) is 0 Å². The van der Waals surface area contributed by atoms with Crippen molar-refractivity contribution in [2.24, 2.45) is 7.05 Å². The molecule has 0 radical (unpaired) electrons. The van der Waals surface area contributed by atoms with Crippen molar-refractivity contribution in [3.63, 3.8) is 0 Å². The summed E-state index contributed by atoms with van der Waals surface area (Å²) in [4.78, 5) is 37.2. The summed E-state index contributed by atoms with van der Waals surface area (Å²) in [7, 11) is 1.60. The zero-order chi connectivity index (χ0) is 24.8. The molecule has 8 heteroatoms. The summed E-state index contributed by atoms with van der Waals surface area (Å²) in [5, 5.41) is 21.5. The van der Waals surface area contributed by atoms with E-state index in [9.17, 15) is 19.5 Å². The molecule has 0 saturated heterocycles. The maximum Gasteiger partial charge on any atom is 0.251 e. The van der Waals surface area contributed by atoms with Crippen molar-refractivity contribution < 1.29 is 19.8 Å². The number of hydrogen-bond donors (Lipinski definition) is 3. The second kappa shape index (κ2) is 11.2. The van der Waals surface area contributed by atoms with Crippen LogP contribution in [0.15, 0.2) is 65.6 Å². The van der Waals surface area contributed by atoms with Gasteiger partial charge in [0.25, 0.3) is 5.91 Å². The van der Waals surface area contributed by atoms with E-state index >= 15 is 0 Å². The molecule has 2 atom stereocenters. The number of nitrogens with zero attached hydrogens (tertiary/aromatic N) is 1. The molecular weight excluding hydrogens is 456 g/mol. The fraction of sp³-hybridized carbons (Fsp3) is 0.269. The average molecular weight is 483 g/mol. The molecule has 0 saturated carbocycles. The molecule has 34 heavy (non-hydrogen) atoms. The molecule has 3 N–H and O–H groups in total. The lowest BCUT2D eigenvalue weighted by molar-refractivity contribution is 0.0802. The third kappa shape index (κ3) is 6.20. The first-order chi connectivity index (χ1) is 16.2. The molecule has 1 amide bonds. The highest BCUT2D eigenvalue weighted by Gasteiger charge is 2.22. The maximum absolute atomic E-state index is 13.1. The number of carbonyl (C=O) groups excluding carboxylic acids is 2. The number of hydrogen-bond acceptors (Lipinski definition) is 5. The second-order valence-corrected chi connectivity index (χ2v) is 8.65. The molecule has 0 aliphatic carbocycles. The van der Waals surface area contributed by atoms with E-state index in [-0.39, 0.29) is 36.1 Å². The number of aryl methyl sites for hydroxylation is 2. The van der Waals surface area contributed by atoms with Crippen LogP contribution in [0.4, 0.5) is 0 Å². The SMILES string of the molecule is Cc1cc(Cl)ccc1C(CC(=O)c1ccc(=O)n(C)c1)c1ccc(C(=O)NCC(O)CO)cc1. The van der Waals surface area contributed by atoms with Crippen molar-refractivity contribution in [1.82, 2.24) is 9.88 Å². The van der Waals surface area contributed by atoms with Gasteiger partial charge in [-0.3, -0.25) is 14.4 Å². The molecule has 2 unspecified atom stereocenters. The molecule has 0 spiro atoms. The van der Waals surface area contributed by atoms with Gasteiger partial charge in [-0.15, -0.1) is 0 Å². The van der Waals surface area contributed by atoms with Crippen LogP contribution in [0.2, 0.25) is 5.02 Å². The van der Waals surface area contributed by atoms with Gasteiger partial charge in [-0.2, -0.15) is 0 Å². The third-order valence-electron chi connectivity index (χ3n) is 5.69. The molecule has 0 aliphatic rings. The van der Waals surface area contributed by atoms with Crippen LogP contribution in [-0.4, -0.2) is 45.7 Å². The highest BCUT2D eigenvalue weighted by Crippen LogP contribution is 2.33. The van der Waals surface area contributed by atoms with Gasteiger partial charge in [0, 0.05) is 54.3 Å². The number of amides is 1. The van der Waals surface area contributed by atoms with E-state index in [1.165, 1.54) is 22.9 Å². The van der Waals surface area contributed by atoms with Gasteiger partial charge in [0.15, 0.2) is 5.78 Å². The van der Waals surface area contributed by atoms with Crippen molar-refractivity contribution in [2.75, 3.05) is 13.2 Å². The smallest absolute Gasteiger partial charge is 0.251 e. The molecule has 3 rings (SSSR count). The van der Waals surface area contributed by atoms with Crippen LogP contribution in [0.5, 0.6) is 0 Å². The van der Waals surface area contributed by atoms with E-state index in [4.69, 9.17) is 16.7 Å². The number of carbonyl (C=O) groups is 2. The Bertz CT molecular complexity index is 1240. The lowest BCUT2D eigenvalue weighted by Gasteiger charge is -2.20. The minimum Gasteiger partial charge on any atom is -0.394 e. The number of nitrogens with one attached hydrogen (secondary N) is 1. The van der Waals surface area contributed by atoms with Crippen LogP contribution >= 0.6 is 11.6 Å². The van der Waals surface area contributed by atoms with E-state index in [0.29, 0.717) is 16.1 Å². The van der Waals surface area contributed by atoms with Crippen LogP contribution in [0.3, 0.4) is 0 Å². The molecular formula is C26H27ClN2O5. The lowest BCUT2D eigenvalue weighted by atomic mass is 9.83. The minimum absolute atomic E-state index is 0.0578. The van der Waals surface area contributed by atoms with Crippen molar-refractivity contribution in [2.45, 2.75) is 25.4 Å². The van der Waals surface area contributed by atoms with Gasteiger partial charge in [-0.05, 0) is 53.9 Å². The molecule has 0 bridgehead atoms. The van der Waals surface area contributed by atoms with Crippen molar-refractivity contribution in [3.8, 4) is 0 Å². The Balaban J connectivity index is 1.91. The van der Waals surface area contributed by atoms with E-state index in [2.05, 4.69) is 5.32 Å². The van der Waals surface area contributed by atoms with Crippen LogP contribution in [0.1, 0.15) is 49.7 Å². The first-order valence-corrected chi connectivity index (χ1v) is 11.2. The summed E-state index contributed by atoms with van der Waals surface area (Å²) in [6.07, 6.45) is 0.670. The summed E-state index contributed by atoms with van der Waals surface area (Å²) < 4.78 is 1.37. The Kier molecular flexibility index (Phi) is 8.39. The fourth-order valence-electron chi connectivity index (χ4n) is 3.74. The highest BCUT2D eigenvalue weighted by atomic mass is 35.5. The molecule has 2 aromatic carbocycles. The summed E-state index contributed by atoms with van der Waals surface area (Å²) >= 11 is 6.14. The molecule has 0 fully saturated rings. The van der Waals surface area contributed by atoms with Crippen molar-refractivity contribution in [3.05, 3.63) is 104 Å². The Morgan fingerprint density at radius 2 is 1.74 bits per heavy atom. The van der Waals surface area contributed by atoms with E-state index in [0.717, 1.165) is 16.7 Å². The normalized spacial score (nSPS) is 12.7. The lowest BCUT2D eigenvalue weighted by Crippen LogP contribution is -2.33. The van der Waals surface area contributed by atoms with Gasteiger partial charge in [0.1, 0.15) is 0 Å². The number of pyridine rings is 1. The predicted octanol–water partition coefficient (Wildman–Crippen LogP) is 2.84. The summed E-state index contributed by atoms with van der Waals surface area (Å²) in [6.45, 7) is 1.43. The molecule has 7 nitrogen and oxygen atoms in total. The largest absolute Gasteiger partial charge is 0.394 e. The second-order valence-electron chi connectivity index (χ2n) is 8.22. The van der Waals surface area contributed by atoms with Gasteiger partial charge >= 0.3 is 0 Å². The van der Waals surface area contributed by atoms with E-state index < -0.39 is 12.7 Å². The zero-order valence-corrected chi connectivity index (χ0v) is 19.7. The number of rotatable bonds is 9. The number of ketones is 1. The van der Waals surface area contributed by atoms with E-state index in [1.54, 1.807) is 37.4 Å². The molecule has 1 aromatic heterocycles. The van der Waals surface area contributed by atoms with Gasteiger partial charge in [-0.1, -0.05) is 29.8 Å². The quantitative estimate of drug-likeness (QED) is 0.406. The Morgan fingerprint density at radius 1 is 1.06 bits per heavy atom. The summed E-state index contributed by atoms with van der Waals surface area (Å²) in [6, 6.07) is 15.3. The number of Topliss-reactive ketones (excluding diaryl/α,β-unsaturated/α-hetero) is 1. The van der Waals surface area contributed by atoms with Gasteiger partial charge in [0.2, 0.25) is 5.56 Å². The number of aromatic nitrogens is 1. The summed E-state index contributed by atoms with van der Waals surface area (Å²) in [5.74, 6) is -0.787. The number of benzene rings is 2. The molecule has 3 aromatic rings. The topological polar surface area (TPSA) is 109 Å². The molecule has 1 heterocycles. The van der Waals surface area contributed by atoms with Crippen molar-refractivity contribution >= 4 is 23.3 Å². The van der Waals surface area contributed by atoms with E-state index in [1.807, 2.05) is 19.1 Å². The van der Waals surface area contributed by atoms with Crippen LogP contribution in [0, 0.1) is 6.92 Å².